The van der Waals surface area contributed by atoms with Crippen molar-refractivity contribution < 1.29 is 9.21 Å². The van der Waals surface area contributed by atoms with E-state index in [2.05, 4.69) is 10.3 Å². The highest BCUT2D eigenvalue weighted by Gasteiger charge is 2.21. The number of carbonyl (C=O) groups excluding carboxylic acids is 1. The first kappa shape index (κ1) is 22.9. The van der Waals surface area contributed by atoms with Crippen molar-refractivity contribution in [3.8, 4) is 10.8 Å². The van der Waals surface area contributed by atoms with Crippen LogP contribution in [0.4, 0.5) is 0 Å². The molecule has 24 heavy (non-hydrogen) atoms. The van der Waals surface area contributed by atoms with Crippen LogP contribution in [-0.2, 0) is 11.2 Å². The van der Waals surface area contributed by atoms with Gasteiger partial charge in [0.1, 0.15) is 5.76 Å². The van der Waals surface area contributed by atoms with Gasteiger partial charge in [-0.25, -0.2) is 4.98 Å². The Labute approximate surface area is 159 Å². The normalized spacial score (nSPS) is 10.7. The number of halogens is 2. The first-order valence-electron chi connectivity index (χ1n) is 7.52. The number of hydrogen-bond acceptors (Lipinski definition) is 5. The molecule has 0 atom stereocenters. The van der Waals surface area contributed by atoms with Crippen molar-refractivity contribution >= 4 is 42.1 Å². The Bertz CT molecular complexity index is 639. The molecule has 2 aromatic rings. The SMILES string of the molecule is CCC(N)(CC)CNC(=O)Cc1csc(-c2ccc(C)o2)n1.Cl.Cl. The van der Waals surface area contributed by atoms with E-state index < -0.39 is 0 Å². The quantitative estimate of drug-likeness (QED) is 0.750. The second-order valence-electron chi connectivity index (χ2n) is 5.58. The highest BCUT2D eigenvalue weighted by atomic mass is 35.5. The maximum absolute atomic E-state index is 12.0. The van der Waals surface area contributed by atoms with E-state index >= 15 is 0 Å². The summed E-state index contributed by atoms with van der Waals surface area (Å²) in [5, 5.41) is 5.59. The molecule has 0 unspecified atom stereocenters. The maximum Gasteiger partial charge on any atom is 0.226 e. The molecule has 3 N–H and O–H groups in total. The van der Waals surface area contributed by atoms with Crippen LogP contribution in [0, 0.1) is 6.92 Å². The second-order valence-corrected chi connectivity index (χ2v) is 6.44. The summed E-state index contributed by atoms with van der Waals surface area (Å²) >= 11 is 1.48. The molecule has 8 heteroatoms. The van der Waals surface area contributed by atoms with Crippen LogP contribution in [-0.4, -0.2) is 23.0 Å². The zero-order chi connectivity index (χ0) is 16.2. The van der Waals surface area contributed by atoms with Crippen LogP contribution >= 0.6 is 36.2 Å². The fraction of sp³-hybridized carbons (Fsp3) is 0.500. The molecule has 1 amide bonds. The van der Waals surface area contributed by atoms with Crippen molar-refractivity contribution in [2.75, 3.05) is 6.54 Å². The van der Waals surface area contributed by atoms with Crippen LogP contribution in [0.1, 0.15) is 38.1 Å². The van der Waals surface area contributed by atoms with E-state index in [4.69, 9.17) is 10.2 Å². The smallest absolute Gasteiger partial charge is 0.226 e. The molecule has 2 heterocycles. The third kappa shape index (κ3) is 6.09. The first-order valence-corrected chi connectivity index (χ1v) is 8.40. The average molecular weight is 394 g/mol. The molecule has 2 aromatic heterocycles. The van der Waals surface area contributed by atoms with Crippen molar-refractivity contribution in [2.45, 2.75) is 45.6 Å². The van der Waals surface area contributed by atoms with Crippen molar-refractivity contribution in [2.24, 2.45) is 5.73 Å². The van der Waals surface area contributed by atoms with E-state index in [9.17, 15) is 4.79 Å². The Morgan fingerprint density at radius 3 is 2.54 bits per heavy atom. The third-order valence-electron chi connectivity index (χ3n) is 3.89. The number of aryl methyl sites for hydroxylation is 1. The molecule has 0 saturated heterocycles. The van der Waals surface area contributed by atoms with E-state index in [1.807, 2.05) is 38.3 Å². The number of rotatable bonds is 7. The topological polar surface area (TPSA) is 81.1 Å². The van der Waals surface area contributed by atoms with Gasteiger partial charge in [0, 0.05) is 17.5 Å². The standard InChI is InChI=1S/C16H23N3O2S.2ClH/c1-4-16(17,5-2)10-18-14(20)8-12-9-22-15(19-12)13-7-6-11(3)21-13;;/h6-7,9H,4-5,8,10,17H2,1-3H3,(H,18,20);2*1H. The molecular weight excluding hydrogens is 369 g/mol. The molecule has 0 radical (unpaired) electrons. The highest BCUT2D eigenvalue weighted by Crippen LogP contribution is 2.25. The number of furan rings is 1. The number of carbonyl (C=O) groups is 1. The fourth-order valence-corrected chi connectivity index (χ4v) is 2.83. The van der Waals surface area contributed by atoms with Gasteiger partial charge in [-0.05, 0) is 31.9 Å². The van der Waals surface area contributed by atoms with Crippen LogP contribution in [0.3, 0.4) is 0 Å². The fourth-order valence-electron chi connectivity index (χ4n) is 2.05. The van der Waals surface area contributed by atoms with E-state index in [1.165, 1.54) is 11.3 Å². The highest BCUT2D eigenvalue weighted by molar-refractivity contribution is 7.13. The number of nitrogens with one attached hydrogen (secondary N) is 1. The minimum absolute atomic E-state index is 0. The largest absolute Gasteiger partial charge is 0.459 e. The number of thiazole rings is 1. The second kappa shape index (κ2) is 10.0. The Morgan fingerprint density at radius 1 is 1.33 bits per heavy atom. The molecular formula is C16H25Cl2N3O2S. The van der Waals surface area contributed by atoms with Gasteiger partial charge in [0.25, 0.3) is 0 Å². The Kier molecular flexibility index (Phi) is 9.58. The number of nitrogens with two attached hydrogens (primary N) is 1. The van der Waals surface area contributed by atoms with Gasteiger partial charge in [-0.15, -0.1) is 36.2 Å². The summed E-state index contributed by atoms with van der Waals surface area (Å²) < 4.78 is 5.54. The first-order chi connectivity index (χ1) is 10.5. The van der Waals surface area contributed by atoms with E-state index in [-0.39, 0.29) is 42.7 Å². The minimum Gasteiger partial charge on any atom is -0.459 e. The lowest BCUT2D eigenvalue weighted by molar-refractivity contribution is -0.120. The summed E-state index contributed by atoms with van der Waals surface area (Å²) in [6.07, 6.45) is 1.94. The van der Waals surface area contributed by atoms with Crippen LogP contribution in [0.25, 0.3) is 10.8 Å². The lowest BCUT2D eigenvalue weighted by atomic mass is 9.94. The lowest BCUT2D eigenvalue weighted by Crippen LogP contribution is -2.49. The number of amides is 1. The van der Waals surface area contributed by atoms with Crippen molar-refractivity contribution in [1.82, 2.24) is 10.3 Å². The van der Waals surface area contributed by atoms with Crippen molar-refractivity contribution in [3.05, 3.63) is 29.0 Å². The maximum atomic E-state index is 12.0. The molecule has 0 saturated carbocycles. The van der Waals surface area contributed by atoms with Gasteiger partial charge < -0.3 is 15.5 Å². The molecule has 0 aliphatic heterocycles. The summed E-state index contributed by atoms with van der Waals surface area (Å²) in [6, 6.07) is 3.79. The molecule has 0 aromatic carbocycles. The number of aromatic nitrogens is 1. The van der Waals surface area contributed by atoms with Gasteiger partial charge in [-0.3, -0.25) is 4.79 Å². The molecule has 136 valence electrons. The van der Waals surface area contributed by atoms with Gasteiger partial charge >= 0.3 is 0 Å². The summed E-state index contributed by atoms with van der Waals surface area (Å²) in [6.45, 7) is 6.46. The van der Waals surface area contributed by atoms with Crippen LogP contribution in [0.15, 0.2) is 21.9 Å². The predicted octanol–water partition coefficient (Wildman–Crippen LogP) is 3.73. The van der Waals surface area contributed by atoms with Gasteiger partial charge in [0.05, 0.1) is 12.1 Å². The number of nitrogens with zero attached hydrogens (tertiary/aromatic N) is 1. The Hall–Kier alpha value is -1.08. The molecule has 0 spiro atoms. The van der Waals surface area contributed by atoms with Gasteiger partial charge in [-0.1, -0.05) is 13.8 Å². The van der Waals surface area contributed by atoms with E-state index in [1.54, 1.807) is 0 Å². The molecule has 0 aliphatic rings. The number of hydrogen-bond donors (Lipinski definition) is 2. The van der Waals surface area contributed by atoms with Crippen LogP contribution < -0.4 is 11.1 Å². The molecule has 0 fully saturated rings. The van der Waals surface area contributed by atoms with Crippen LogP contribution in [0.2, 0.25) is 0 Å². The molecule has 2 rings (SSSR count). The molecule has 5 nitrogen and oxygen atoms in total. The van der Waals surface area contributed by atoms with Crippen molar-refractivity contribution in [3.63, 3.8) is 0 Å². The molecule has 0 bridgehead atoms. The van der Waals surface area contributed by atoms with E-state index in [0.717, 1.165) is 35.1 Å². The predicted molar refractivity (Wildman–Crippen MR) is 103 cm³/mol. The van der Waals surface area contributed by atoms with Gasteiger partial charge in [-0.2, -0.15) is 0 Å². The zero-order valence-corrected chi connectivity index (χ0v) is 16.6. The summed E-state index contributed by atoms with van der Waals surface area (Å²) in [5.74, 6) is 1.54. The van der Waals surface area contributed by atoms with Crippen molar-refractivity contribution in [1.29, 1.82) is 0 Å². The third-order valence-corrected chi connectivity index (χ3v) is 4.80. The zero-order valence-electron chi connectivity index (χ0n) is 14.1. The van der Waals surface area contributed by atoms with Crippen LogP contribution in [0.5, 0.6) is 0 Å². The molecule has 0 aliphatic carbocycles. The minimum atomic E-state index is -0.325. The Balaban J connectivity index is 0.00000264. The van der Waals surface area contributed by atoms with Gasteiger partial charge in [0.2, 0.25) is 5.91 Å². The summed E-state index contributed by atoms with van der Waals surface area (Å²) in [7, 11) is 0. The summed E-state index contributed by atoms with van der Waals surface area (Å²) in [4.78, 5) is 16.5. The van der Waals surface area contributed by atoms with E-state index in [0.29, 0.717) is 6.54 Å². The van der Waals surface area contributed by atoms with Gasteiger partial charge in [0.15, 0.2) is 10.8 Å². The lowest BCUT2D eigenvalue weighted by Gasteiger charge is -2.26. The monoisotopic (exact) mass is 393 g/mol. The summed E-state index contributed by atoms with van der Waals surface area (Å²) in [5.41, 5.74) is 6.61. The Morgan fingerprint density at radius 2 is 2.00 bits per heavy atom. The average Bonchev–Trinajstić information content (AvgIpc) is 3.14.